The molecule has 0 N–H and O–H groups in total. The maximum absolute atomic E-state index is 2.40. The summed E-state index contributed by atoms with van der Waals surface area (Å²) in [5.41, 5.74) is 47.6. The summed E-state index contributed by atoms with van der Waals surface area (Å²) in [5.74, 6) is 0. The molecule has 0 aliphatic heterocycles. The number of benzene rings is 23. The van der Waals surface area contributed by atoms with E-state index in [0.717, 1.165) is 28.4 Å². The first-order valence-electron chi connectivity index (χ1n) is 50.0. The summed E-state index contributed by atoms with van der Waals surface area (Å²) >= 11 is 0. The van der Waals surface area contributed by atoms with Crippen molar-refractivity contribution >= 4 is 115 Å². The van der Waals surface area contributed by atoms with Gasteiger partial charge in [-0.25, -0.2) is 0 Å². The molecule has 4 heterocycles. The van der Waals surface area contributed by atoms with Crippen LogP contribution in [0.4, 0.5) is 17.1 Å². The molecule has 0 saturated carbocycles. The second-order valence-electron chi connectivity index (χ2n) is 39.2. The van der Waals surface area contributed by atoms with Crippen LogP contribution in [0.25, 0.3) is 254 Å². The van der Waals surface area contributed by atoms with Crippen LogP contribution >= 0.6 is 0 Å². The van der Waals surface area contributed by atoms with Crippen molar-refractivity contribution in [3.8, 4) is 156 Å². The molecule has 4 aliphatic rings. The second kappa shape index (κ2) is 32.7. The first-order valence-corrected chi connectivity index (χ1v) is 50.0. The Hall–Kier alpha value is -18.7. The minimum absolute atomic E-state index is 0.0731. The summed E-state index contributed by atoms with van der Waals surface area (Å²) in [6.07, 6.45) is 7.05. The summed E-state index contributed by atoms with van der Waals surface area (Å²) in [5, 5.41) is 16.8. The lowest BCUT2D eigenvalue weighted by atomic mass is 9.82. The van der Waals surface area contributed by atoms with E-state index >= 15 is 0 Å². The number of anilines is 3. The summed E-state index contributed by atoms with van der Waals surface area (Å²) in [6.45, 7) is 4.70. The summed E-state index contributed by atoms with van der Waals surface area (Å²) in [4.78, 5) is 2.38. The molecular formula is C139H91N5. The van der Waals surface area contributed by atoms with Crippen LogP contribution in [0.3, 0.4) is 0 Å². The average molecular weight is 1830 g/mol. The molecule has 4 aromatic heterocycles. The van der Waals surface area contributed by atoms with Crippen molar-refractivity contribution in [2.75, 3.05) is 4.90 Å². The Labute approximate surface area is 834 Å². The molecule has 144 heavy (non-hydrogen) atoms. The number of hydrogen-bond acceptors (Lipinski definition) is 1. The van der Waals surface area contributed by atoms with E-state index in [1.165, 1.54) is 254 Å². The molecule has 672 valence electrons. The topological polar surface area (TPSA) is 23.0 Å². The summed E-state index contributed by atoms with van der Waals surface area (Å²) in [6, 6.07) is 182. The normalized spacial score (nSPS) is 12.4. The zero-order valence-corrected chi connectivity index (χ0v) is 79.3. The van der Waals surface area contributed by atoms with Gasteiger partial charge in [-0.05, 0) is 275 Å². The number of nitrogens with zero attached hydrogens (tertiary/aromatic N) is 5. The molecule has 0 saturated heterocycles. The number of aromatic nitrogens is 4. The van der Waals surface area contributed by atoms with E-state index in [1.54, 1.807) is 0 Å². The fraction of sp³-hybridized carbons (Fsp3) is 0.0216. The Balaban J connectivity index is 0.000000106. The third-order valence-corrected chi connectivity index (χ3v) is 31.2. The highest BCUT2D eigenvalue weighted by Gasteiger charge is 2.37. The fourth-order valence-electron chi connectivity index (χ4n) is 24.7. The number of hydrogen-bond donors (Lipinski definition) is 0. The van der Waals surface area contributed by atoms with Gasteiger partial charge in [0.1, 0.15) is 0 Å². The van der Waals surface area contributed by atoms with Gasteiger partial charge in [0.2, 0.25) is 0 Å². The van der Waals surface area contributed by atoms with Crippen LogP contribution < -0.4 is 4.90 Å². The van der Waals surface area contributed by atoms with Crippen molar-refractivity contribution in [1.29, 1.82) is 0 Å². The van der Waals surface area contributed by atoms with Gasteiger partial charge >= 0.3 is 0 Å². The van der Waals surface area contributed by atoms with Crippen LogP contribution in [0.15, 0.2) is 516 Å². The van der Waals surface area contributed by atoms with Crippen LogP contribution in [-0.4, -0.2) is 18.3 Å². The Kier molecular flexibility index (Phi) is 18.7. The molecule has 5 nitrogen and oxygen atoms in total. The Morgan fingerprint density at radius 1 is 0.174 bits per heavy atom. The highest BCUT2D eigenvalue weighted by molar-refractivity contribution is 6.29. The molecule has 0 atom stereocenters. The molecule has 0 bridgehead atoms. The van der Waals surface area contributed by atoms with Crippen LogP contribution in [0, 0.1) is 0 Å². The van der Waals surface area contributed by atoms with Crippen molar-refractivity contribution < 1.29 is 0 Å². The lowest BCUT2D eigenvalue weighted by Gasteiger charge is -2.28. The fourth-order valence-corrected chi connectivity index (χ4v) is 24.7. The van der Waals surface area contributed by atoms with Gasteiger partial charge in [0, 0.05) is 119 Å². The van der Waals surface area contributed by atoms with Gasteiger partial charge in [0.05, 0.1) is 27.6 Å². The van der Waals surface area contributed by atoms with E-state index in [2.05, 4.69) is 553 Å². The quantitative estimate of drug-likeness (QED) is 0.132. The Bertz CT molecular complexity index is 9900. The van der Waals surface area contributed by atoms with Crippen molar-refractivity contribution in [3.63, 3.8) is 0 Å². The number of fused-ring (bicyclic) bond motifs is 30. The van der Waals surface area contributed by atoms with Crippen molar-refractivity contribution in [2.45, 2.75) is 19.3 Å². The third kappa shape index (κ3) is 12.8. The molecule has 0 amide bonds. The molecule has 4 aliphatic carbocycles. The molecule has 0 unspecified atom stereocenters. The van der Waals surface area contributed by atoms with Crippen LogP contribution in [-0.2, 0) is 5.41 Å². The first kappa shape index (κ1) is 82.4. The smallest absolute Gasteiger partial charge is 0.0547 e. The SMILES string of the molecule is CC1(C)c2ccccc2-c2ccc(N(c3ccccc3)c3ccc(-c4ccc(-n5cc6c7c(c8ccccc8cc75)-c5ccccc5-c5ccccc5-6)cc4)cc3)cc21.c1ccc(-n2cc3c4c(cccc42)-c2c(c4ccccc4c4ccccc24)-c2ccccc2-3)cc1.c1ccc2c(c1)-c1ccccc1-c1c3ccccc3cc3c1c-2cn3-c1ccc(-c2ccc(-n3c4ccccc4c4ccccc43)cc2)cc1. The van der Waals surface area contributed by atoms with Gasteiger partial charge in [-0.15, -0.1) is 0 Å². The largest absolute Gasteiger partial charge is 0.316 e. The Morgan fingerprint density at radius 2 is 0.486 bits per heavy atom. The molecule has 27 aromatic rings. The molecule has 0 radical (unpaired) electrons. The lowest BCUT2D eigenvalue weighted by Crippen LogP contribution is -2.16. The first-order chi connectivity index (χ1) is 71.2. The van der Waals surface area contributed by atoms with E-state index in [-0.39, 0.29) is 5.41 Å². The van der Waals surface area contributed by atoms with Gasteiger partial charge in [0.15, 0.2) is 0 Å². The van der Waals surface area contributed by atoms with Crippen molar-refractivity contribution in [3.05, 3.63) is 527 Å². The second-order valence-corrected chi connectivity index (χ2v) is 39.2. The predicted molar refractivity (Wildman–Crippen MR) is 607 cm³/mol. The molecule has 31 rings (SSSR count). The average Bonchev–Trinajstić information content (AvgIpc) is 1.59. The molecule has 23 aromatic carbocycles. The zero-order valence-electron chi connectivity index (χ0n) is 79.3. The highest BCUT2D eigenvalue weighted by Crippen LogP contribution is 2.58. The molecule has 5 heteroatoms. The Morgan fingerprint density at radius 3 is 0.979 bits per heavy atom. The van der Waals surface area contributed by atoms with Gasteiger partial charge in [-0.1, -0.05) is 396 Å². The van der Waals surface area contributed by atoms with Gasteiger partial charge in [-0.2, -0.15) is 0 Å². The number of rotatable bonds is 9. The van der Waals surface area contributed by atoms with E-state index in [9.17, 15) is 0 Å². The highest BCUT2D eigenvalue weighted by atomic mass is 15.1. The number of para-hydroxylation sites is 4. The standard InChI is InChI=1S/C57H40N2.C48H30N2.C34H21N/c1-57(2)52-23-13-12-21-48(52)49-33-32-43(35-53(49)57)59(41-15-4-3-5-16-41)42-30-26-38(27-31-42)37-24-28-40(29-25-37)58-36-51-47-20-9-8-18-45(47)46-19-10-11-22-50(46)55-44-17-7-6-14-39(44)34-54(58)56(51)55;1-2-12-36-33(11-1)29-46-48-43(39-15-4-3-13-37(39)38-14-5-6-18-42(38)47(36)48)30-49(46)34-25-21-31(22-26-34)32-23-27-35(28-24-32)50-44-19-9-7-16-40(44)41-17-8-10-20-45(41)50;1-2-11-22(12-3-1)35-21-30-25-15-6-9-18-28(25)33-26-16-7-4-13-23(26)24-14-5-8-17-27(24)34(33)29-19-10-20-31(35)32(29)30/h3-36H,1-2H3;1-30H;1-21H. The van der Waals surface area contributed by atoms with Gasteiger partial charge < -0.3 is 23.2 Å². The molecular weight excluding hydrogens is 1740 g/mol. The van der Waals surface area contributed by atoms with E-state index in [1.807, 2.05) is 0 Å². The lowest BCUT2D eigenvalue weighted by molar-refractivity contribution is 0.660. The predicted octanol–water partition coefficient (Wildman–Crippen LogP) is 37.7. The van der Waals surface area contributed by atoms with Gasteiger partial charge in [-0.3, -0.25) is 0 Å². The van der Waals surface area contributed by atoms with Crippen LogP contribution in [0.5, 0.6) is 0 Å². The molecule has 0 spiro atoms. The third-order valence-electron chi connectivity index (χ3n) is 31.2. The van der Waals surface area contributed by atoms with Gasteiger partial charge in [0.25, 0.3) is 0 Å². The maximum Gasteiger partial charge on any atom is 0.0547 e. The van der Waals surface area contributed by atoms with E-state index < -0.39 is 0 Å². The van der Waals surface area contributed by atoms with E-state index in [4.69, 9.17) is 0 Å². The minimum atomic E-state index is -0.0731. The van der Waals surface area contributed by atoms with Crippen molar-refractivity contribution in [1.82, 2.24) is 18.3 Å². The summed E-state index contributed by atoms with van der Waals surface area (Å²) in [7, 11) is 0. The van der Waals surface area contributed by atoms with Crippen molar-refractivity contribution in [2.24, 2.45) is 0 Å². The molecule has 0 fully saturated rings. The monoisotopic (exact) mass is 1830 g/mol. The maximum atomic E-state index is 2.40. The zero-order chi connectivity index (χ0) is 94.9. The van der Waals surface area contributed by atoms with Crippen LogP contribution in [0.2, 0.25) is 0 Å². The van der Waals surface area contributed by atoms with Crippen LogP contribution in [0.1, 0.15) is 25.0 Å². The minimum Gasteiger partial charge on any atom is -0.316 e. The summed E-state index contributed by atoms with van der Waals surface area (Å²) < 4.78 is 9.50. The van der Waals surface area contributed by atoms with E-state index in [0.29, 0.717) is 0 Å².